The molecule has 1 heterocycles. The predicted molar refractivity (Wildman–Crippen MR) is 86.4 cm³/mol. The molecule has 0 saturated heterocycles. The van der Waals surface area contributed by atoms with Crippen molar-refractivity contribution in [3.8, 4) is 0 Å². The molecule has 3 aromatic rings. The van der Waals surface area contributed by atoms with Crippen LogP contribution in [0, 0.1) is 6.92 Å². The molecular weight excluding hydrogens is 324 g/mol. The number of halogens is 1. The normalized spacial score (nSPS) is 11.7. The van der Waals surface area contributed by atoms with Crippen LogP contribution in [0.2, 0.25) is 5.02 Å². The van der Waals surface area contributed by atoms with Crippen molar-refractivity contribution in [2.24, 2.45) is 0 Å². The van der Waals surface area contributed by atoms with Crippen LogP contribution in [-0.4, -0.2) is 13.6 Å². The van der Waals surface area contributed by atoms with Gasteiger partial charge in [0.1, 0.15) is 11.4 Å². The highest BCUT2D eigenvalue weighted by molar-refractivity contribution is 7.91. The number of nitrogens with zero attached hydrogens (tertiary/aromatic N) is 1. The van der Waals surface area contributed by atoms with E-state index in [1.165, 1.54) is 0 Å². The van der Waals surface area contributed by atoms with Gasteiger partial charge in [0.05, 0.1) is 5.69 Å². The van der Waals surface area contributed by atoms with Gasteiger partial charge in [0.25, 0.3) is 0 Å². The average Bonchev–Trinajstić information content (AvgIpc) is 2.85. The summed E-state index contributed by atoms with van der Waals surface area (Å²) in [6.07, 6.45) is 0. The molecule has 0 unspecified atom stereocenters. The lowest BCUT2D eigenvalue weighted by Crippen LogP contribution is -2.16. The maximum absolute atomic E-state index is 12.3. The Kier molecular flexibility index (Phi) is 3.80. The fourth-order valence-corrected chi connectivity index (χ4v) is 3.50. The smallest absolute Gasteiger partial charge is 0.238 e. The van der Waals surface area contributed by atoms with Gasteiger partial charge in [0, 0.05) is 10.4 Å². The van der Waals surface area contributed by atoms with E-state index in [0.717, 1.165) is 5.56 Å². The number of rotatable bonds is 4. The molecular formula is C15H13ClN2O3S. The van der Waals surface area contributed by atoms with Crippen LogP contribution < -0.4 is 4.72 Å². The van der Waals surface area contributed by atoms with Crippen LogP contribution in [0.15, 0.2) is 47.0 Å². The van der Waals surface area contributed by atoms with Crippen LogP contribution in [0.4, 0.5) is 5.69 Å². The van der Waals surface area contributed by atoms with E-state index in [4.69, 9.17) is 16.1 Å². The molecule has 3 rings (SSSR count). The van der Waals surface area contributed by atoms with Crippen molar-refractivity contribution < 1.29 is 12.9 Å². The summed E-state index contributed by atoms with van der Waals surface area (Å²) in [6.45, 7) is 1.81. The zero-order valence-electron chi connectivity index (χ0n) is 11.7. The fourth-order valence-electron chi connectivity index (χ4n) is 2.13. The van der Waals surface area contributed by atoms with E-state index in [1.807, 2.05) is 6.07 Å². The van der Waals surface area contributed by atoms with Gasteiger partial charge in [0.15, 0.2) is 5.58 Å². The number of aryl methyl sites for hydroxylation is 1. The van der Waals surface area contributed by atoms with Crippen molar-refractivity contribution in [1.82, 2.24) is 5.16 Å². The second-order valence-electron chi connectivity index (χ2n) is 4.95. The summed E-state index contributed by atoms with van der Waals surface area (Å²) in [7, 11) is -3.62. The number of anilines is 1. The first-order valence-corrected chi connectivity index (χ1v) is 8.57. The Morgan fingerprint density at radius 2 is 2.00 bits per heavy atom. The van der Waals surface area contributed by atoms with Gasteiger partial charge >= 0.3 is 0 Å². The first-order valence-electron chi connectivity index (χ1n) is 6.54. The highest BCUT2D eigenvalue weighted by atomic mass is 35.5. The van der Waals surface area contributed by atoms with Crippen LogP contribution in [-0.2, 0) is 15.8 Å². The highest BCUT2D eigenvalue weighted by Crippen LogP contribution is 2.24. The summed E-state index contributed by atoms with van der Waals surface area (Å²) >= 11 is 5.90. The van der Waals surface area contributed by atoms with Gasteiger partial charge in [-0.3, -0.25) is 4.72 Å². The van der Waals surface area contributed by atoms with Crippen LogP contribution in [0.25, 0.3) is 11.0 Å². The fraction of sp³-hybridized carbons (Fsp3) is 0.133. The van der Waals surface area contributed by atoms with Gasteiger partial charge in [0.2, 0.25) is 10.0 Å². The molecule has 1 aromatic heterocycles. The zero-order valence-corrected chi connectivity index (χ0v) is 13.3. The van der Waals surface area contributed by atoms with Gasteiger partial charge in [-0.05, 0) is 36.8 Å². The van der Waals surface area contributed by atoms with Gasteiger partial charge in [-0.15, -0.1) is 0 Å². The molecule has 0 aliphatic heterocycles. The maximum atomic E-state index is 12.3. The quantitative estimate of drug-likeness (QED) is 0.788. The molecule has 0 fully saturated rings. The second-order valence-corrected chi connectivity index (χ2v) is 7.10. The zero-order chi connectivity index (χ0) is 15.7. The summed E-state index contributed by atoms with van der Waals surface area (Å²) in [4.78, 5) is 0. The summed E-state index contributed by atoms with van der Waals surface area (Å²) in [6, 6.07) is 12.2. The first kappa shape index (κ1) is 14.9. The lowest BCUT2D eigenvalue weighted by Gasteiger charge is -2.10. The van der Waals surface area contributed by atoms with Crippen molar-refractivity contribution in [2.75, 3.05) is 4.72 Å². The van der Waals surface area contributed by atoms with E-state index >= 15 is 0 Å². The molecule has 0 amide bonds. The van der Waals surface area contributed by atoms with E-state index in [9.17, 15) is 8.42 Å². The number of benzene rings is 2. The monoisotopic (exact) mass is 336 g/mol. The Morgan fingerprint density at radius 3 is 2.82 bits per heavy atom. The number of para-hydroxylation sites is 1. The lowest BCUT2D eigenvalue weighted by molar-refractivity contribution is 0.448. The molecule has 114 valence electrons. The molecule has 1 N–H and O–H groups in total. The van der Waals surface area contributed by atoms with Crippen LogP contribution in [0.1, 0.15) is 11.3 Å². The van der Waals surface area contributed by atoms with E-state index in [-0.39, 0.29) is 5.75 Å². The van der Waals surface area contributed by atoms with Gasteiger partial charge in [-0.1, -0.05) is 35.0 Å². The summed E-state index contributed by atoms with van der Waals surface area (Å²) in [5.74, 6) is -0.268. The Balaban J connectivity index is 1.89. The molecule has 0 aliphatic carbocycles. The van der Waals surface area contributed by atoms with E-state index in [2.05, 4.69) is 9.88 Å². The van der Waals surface area contributed by atoms with Crippen molar-refractivity contribution in [1.29, 1.82) is 0 Å². The van der Waals surface area contributed by atoms with Crippen molar-refractivity contribution in [3.63, 3.8) is 0 Å². The Hall–Kier alpha value is -2.05. The van der Waals surface area contributed by atoms with Crippen LogP contribution >= 0.6 is 11.6 Å². The molecule has 0 saturated carbocycles. The molecule has 7 heteroatoms. The van der Waals surface area contributed by atoms with Gasteiger partial charge < -0.3 is 4.52 Å². The second kappa shape index (κ2) is 5.62. The third kappa shape index (κ3) is 3.08. The summed E-state index contributed by atoms with van der Waals surface area (Å²) < 4.78 is 32.3. The molecule has 2 aromatic carbocycles. The standard InChI is InChI=1S/C15H13ClN2O3S/c1-10-6-7-11(16)8-13(10)18-22(19,20)9-14-12-4-2-3-5-15(12)21-17-14/h2-8,18H,9H2,1H3. The average molecular weight is 337 g/mol. The largest absolute Gasteiger partial charge is 0.356 e. The highest BCUT2D eigenvalue weighted by Gasteiger charge is 2.18. The number of fused-ring (bicyclic) bond motifs is 1. The van der Waals surface area contributed by atoms with Crippen LogP contribution in [0.5, 0.6) is 0 Å². The molecule has 5 nitrogen and oxygen atoms in total. The number of nitrogens with one attached hydrogen (secondary N) is 1. The minimum atomic E-state index is -3.62. The number of hydrogen-bond donors (Lipinski definition) is 1. The Bertz CT molecular complexity index is 935. The van der Waals surface area contributed by atoms with Gasteiger partial charge in [-0.25, -0.2) is 8.42 Å². The molecule has 0 atom stereocenters. The number of sulfonamides is 1. The molecule has 0 spiro atoms. The minimum absolute atomic E-state index is 0.268. The summed E-state index contributed by atoms with van der Waals surface area (Å²) in [5.41, 5.74) is 2.19. The number of aromatic nitrogens is 1. The van der Waals surface area contributed by atoms with Crippen molar-refractivity contribution in [2.45, 2.75) is 12.7 Å². The molecule has 0 bridgehead atoms. The Morgan fingerprint density at radius 1 is 1.23 bits per heavy atom. The SMILES string of the molecule is Cc1ccc(Cl)cc1NS(=O)(=O)Cc1noc2ccccc12. The first-order chi connectivity index (χ1) is 10.4. The van der Waals surface area contributed by atoms with E-state index in [1.54, 1.807) is 43.3 Å². The molecule has 0 aliphatic rings. The van der Waals surface area contributed by atoms with Crippen molar-refractivity contribution >= 4 is 38.3 Å². The lowest BCUT2D eigenvalue weighted by atomic mass is 10.2. The van der Waals surface area contributed by atoms with Crippen molar-refractivity contribution in [3.05, 3.63) is 58.7 Å². The third-order valence-corrected chi connectivity index (χ3v) is 4.66. The molecule has 0 radical (unpaired) electrons. The molecule has 22 heavy (non-hydrogen) atoms. The third-order valence-electron chi connectivity index (χ3n) is 3.24. The van der Waals surface area contributed by atoms with E-state index in [0.29, 0.717) is 27.4 Å². The Labute approximate surface area is 132 Å². The summed E-state index contributed by atoms with van der Waals surface area (Å²) in [5, 5.41) is 5.00. The topological polar surface area (TPSA) is 72.2 Å². The minimum Gasteiger partial charge on any atom is -0.356 e. The van der Waals surface area contributed by atoms with E-state index < -0.39 is 10.0 Å². The number of hydrogen-bond acceptors (Lipinski definition) is 4. The predicted octanol–water partition coefficient (Wildman–Crippen LogP) is 3.73. The van der Waals surface area contributed by atoms with Crippen LogP contribution in [0.3, 0.4) is 0 Å². The maximum Gasteiger partial charge on any atom is 0.238 e. The van der Waals surface area contributed by atoms with Gasteiger partial charge in [-0.2, -0.15) is 0 Å².